The molecule has 74 valence electrons. The van der Waals surface area contributed by atoms with Gasteiger partial charge in [-0.1, -0.05) is 29.8 Å². The summed E-state index contributed by atoms with van der Waals surface area (Å²) in [6.07, 6.45) is 0. The molecule has 0 amide bonds. The highest BCUT2D eigenvalue weighted by atomic mass is 35.5. The van der Waals surface area contributed by atoms with E-state index < -0.39 is 11.6 Å². The van der Waals surface area contributed by atoms with E-state index in [0.717, 1.165) is 6.07 Å². The van der Waals surface area contributed by atoms with Gasteiger partial charge in [-0.25, -0.2) is 4.39 Å². The first kappa shape index (κ1) is 11.2. The summed E-state index contributed by atoms with van der Waals surface area (Å²) in [6.45, 7) is 4.98. The molecule has 0 spiro atoms. The van der Waals surface area contributed by atoms with Crippen LogP contribution < -0.4 is 0 Å². The van der Waals surface area contributed by atoms with Crippen molar-refractivity contribution in [3.05, 3.63) is 45.7 Å². The maximum Gasteiger partial charge on any atom is 0.189 e. The fourth-order valence-corrected chi connectivity index (χ4v) is 1.35. The Hall–Kier alpha value is -0.860. The van der Waals surface area contributed by atoms with E-state index in [2.05, 4.69) is 6.58 Å². The zero-order valence-electron chi connectivity index (χ0n) is 7.40. The van der Waals surface area contributed by atoms with Gasteiger partial charge in [0.05, 0.1) is 5.02 Å². The third-order valence-corrected chi connectivity index (χ3v) is 2.23. The summed E-state index contributed by atoms with van der Waals surface area (Å²) in [5, 5.41) is -0.0844. The monoisotopic (exact) mass is 232 g/mol. The van der Waals surface area contributed by atoms with Gasteiger partial charge in [0.15, 0.2) is 5.78 Å². The quantitative estimate of drug-likeness (QED) is 0.430. The van der Waals surface area contributed by atoms with Crippen LogP contribution >= 0.6 is 23.2 Å². The average molecular weight is 233 g/mol. The summed E-state index contributed by atoms with van der Waals surface area (Å²) in [5.74, 6) is -1.11. The van der Waals surface area contributed by atoms with Crippen LogP contribution in [0.25, 0.3) is 0 Å². The summed E-state index contributed by atoms with van der Waals surface area (Å²) in [7, 11) is 0. The summed E-state index contributed by atoms with van der Waals surface area (Å²) < 4.78 is 13.1. The molecule has 0 aliphatic rings. The van der Waals surface area contributed by atoms with Gasteiger partial charge in [0, 0.05) is 10.6 Å². The molecule has 0 aliphatic carbocycles. The van der Waals surface area contributed by atoms with Crippen molar-refractivity contribution in [1.29, 1.82) is 0 Å². The molecule has 0 radical (unpaired) electrons. The van der Waals surface area contributed by atoms with Gasteiger partial charge in [-0.2, -0.15) is 0 Å². The maximum atomic E-state index is 13.1. The highest BCUT2D eigenvalue weighted by Crippen LogP contribution is 2.26. The number of benzene rings is 1. The van der Waals surface area contributed by atoms with E-state index in [-0.39, 0.29) is 21.2 Å². The van der Waals surface area contributed by atoms with E-state index in [9.17, 15) is 9.18 Å². The molecular formula is C10H7Cl2FO. The highest BCUT2D eigenvalue weighted by Gasteiger charge is 2.15. The second-order valence-electron chi connectivity index (χ2n) is 2.86. The first-order valence-electron chi connectivity index (χ1n) is 3.78. The standard InChI is InChI=1S/C10H7Cl2FO/c1-5(2)10(14)7-3-6(11)4-8(13)9(7)12/h3-4H,1H2,2H3. The predicted octanol–water partition coefficient (Wildman–Crippen LogP) is 3.89. The molecule has 0 bridgehead atoms. The fraction of sp³-hybridized carbons (Fsp3) is 0.100. The number of hydrogen-bond donors (Lipinski definition) is 0. The van der Waals surface area contributed by atoms with Gasteiger partial charge in [-0.05, 0) is 24.6 Å². The Labute approximate surface area is 91.1 Å². The number of hydrogen-bond acceptors (Lipinski definition) is 1. The van der Waals surface area contributed by atoms with Crippen LogP contribution in [0.15, 0.2) is 24.3 Å². The van der Waals surface area contributed by atoms with Crippen LogP contribution in [0, 0.1) is 5.82 Å². The number of carbonyl (C=O) groups excluding carboxylic acids is 1. The Balaban J connectivity index is 3.34. The van der Waals surface area contributed by atoms with E-state index in [1.807, 2.05) is 0 Å². The largest absolute Gasteiger partial charge is 0.289 e. The molecule has 1 aromatic rings. The smallest absolute Gasteiger partial charge is 0.189 e. The lowest BCUT2D eigenvalue weighted by atomic mass is 10.1. The minimum atomic E-state index is -0.705. The minimum Gasteiger partial charge on any atom is -0.289 e. The van der Waals surface area contributed by atoms with Crippen LogP contribution in [-0.2, 0) is 0 Å². The maximum absolute atomic E-state index is 13.1. The van der Waals surface area contributed by atoms with Crippen molar-refractivity contribution in [2.45, 2.75) is 6.92 Å². The Kier molecular flexibility index (Phi) is 3.29. The topological polar surface area (TPSA) is 17.1 Å². The fourth-order valence-electron chi connectivity index (χ4n) is 0.951. The molecule has 0 fully saturated rings. The van der Waals surface area contributed by atoms with Crippen molar-refractivity contribution in [3.63, 3.8) is 0 Å². The van der Waals surface area contributed by atoms with Gasteiger partial charge in [0.2, 0.25) is 0 Å². The number of allylic oxidation sites excluding steroid dienone is 1. The Morgan fingerprint density at radius 1 is 1.43 bits per heavy atom. The van der Waals surface area contributed by atoms with Crippen LogP contribution in [0.2, 0.25) is 10.0 Å². The lowest BCUT2D eigenvalue weighted by Crippen LogP contribution is -2.01. The number of Topliss-reactive ketones (excluding diaryl/α,β-unsaturated/α-hetero) is 1. The van der Waals surface area contributed by atoms with Crippen molar-refractivity contribution in [1.82, 2.24) is 0 Å². The molecule has 0 saturated heterocycles. The first-order valence-corrected chi connectivity index (χ1v) is 4.54. The number of halogens is 3. The number of ketones is 1. The molecule has 0 aliphatic heterocycles. The van der Waals surface area contributed by atoms with Crippen molar-refractivity contribution in [2.75, 3.05) is 0 Å². The molecule has 14 heavy (non-hydrogen) atoms. The third-order valence-electron chi connectivity index (χ3n) is 1.63. The van der Waals surface area contributed by atoms with Crippen LogP contribution in [0.1, 0.15) is 17.3 Å². The van der Waals surface area contributed by atoms with Gasteiger partial charge in [0.25, 0.3) is 0 Å². The molecule has 0 N–H and O–H groups in total. The van der Waals surface area contributed by atoms with Gasteiger partial charge in [0.1, 0.15) is 5.82 Å². The summed E-state index contributed by atoms with van der Waals surface area (Å²) in [5.41, 5.74) is 0.331. The van der Waals surface area contributed by atoms with Crippen LogP contribution in [0.3, 0.4) is 0 Å². The van der Waals surface area contributed by atoms with Crippen molar-refractivity contribution in [3.8, 4) is 0 Å². The van der Waals surface area contributed by atoms with E-state index in [1.165, 1.54) is 13.0 Å². The van der Waals surface area contributed by atoms with Gasteiger partial charge in [-0.3, -0.25) is 4.79 Å². The third kappa shape index (κ3) is 2.14. The zero-order valence-corrected chi connectivity index (χ0v) is 8.92. The van der Waals surface area contributed by atoms with Gasteiger partial charge >= 0.3 is 0 Å². The second kappa shape index (κ2) is 4.11. The van der Waals surface area contributed by atoms with Gasteiger partial charge in [-0.15, -0.1) is 0 Å². The SMILES string of the molecule is C=C(C)C(=O)c1cc(Cl)cc(F)c1Cl. The van der Waals surface area contributed by atoms with Crippen LogP contribution in [0.5, 0.6) is 0 Å². The van der Waals surface area contributed by atoms with Crippen molar-refractivity contribution in [2.24, 2.45) is 0 Å². The summed E-state index contributed by atoms with van der Waals surface area (Å²) in [6, 6.07) is 2.38. The van der Waals surface area contributed by atoms with Crippen LogP contribution in [-0.4, -0.2) is 5.78 Å². The number of rotatable bonds is 2. The molecule has 0 unspecified atom stereocenters. The summed E-state index contributed by atoms with van der Waals surface area (Å²) >= 11 is 11.2. The Morgan fingerprint density at radius 3 is 2.50 bits per heavy atom. The van der Waals surface area contributed by atoms with Crippen molar-refractivity contribution < 1.29 is 9.18 Å². The Morgan fingerprint density at radius 2 is 2.00 bits per heavy atom. The second-order valence-corrected chi connectivity index (χ2v) is 3.67. The lowest BCUT2D eigenvalue weighted by molar-refractivity contribution is 0.103. The van der Waals surface area contributed by atoms with Crippen LogP contribution in [0.4, 0.5) is 4.39 Å². The lowest BCUT2D eigenvalue weighted by Gasteiger charge is -2.04. The molecule has 1 aromatic carbocycles. The molecule has 0 atom stereocenters. The molecule has 1 nitrogen and oxygen atoms in total. The van der Waals surface area contributed by atoms with Gasteiger partial charge < -0.3 is 0 Å². The minimum absolute atomic E-state index is 0.0455. The molecule has 0 heterocycles. The molecule has 4 heteroatoms. The highest BCUT2D eigenvalue weighted by molar-refractivity contribution is 6.36. The zero-order chi connectivity index (χ0) is 10.9. The van der Waals surface area contributed by atoms with E-state index >= 15 is 0 Å². The van der Waals surface area contributed by atoms with E-state index in [0.29, 0.717) is 0 Å². The Bertz CT molecular complexity index is 413. The normalized spacial score (nSPS) is 10.0. The molecule has 0 saturated carbocycles. The molecule has 0 aromatic heterocycles. The van der Waals surface area contributed by atoms with E-state index in [1.54, 1.807) is 0 Å². The molecular weight excluding hydrogens is 226 g/mol. The molecule has 1 rings (SSSR count). The first-order chi connectivity index (χ1) is 6.43. The predicted molar refractivity (Wildman–Crippen MR) is 55.6 cm³/mol. The summed E-state index contributed by atoms with van der Waals surface area (Å²) in [4.78, 5) is 11.5. The average Bonchev–Trinajstić information content (AvgIpc) is 2.09. The number of carbonyl (C=O) groups is 1. The van der Waals surface area contributed by atoms with Crippen molar-refractivity contribution >= 4 is 29.0 Å². The van der Waals surface area contributed by atoms with E-state index in [4.69, 9.17) is 23.2 Å².